The van der Waals surface area contributed by atoms with Gasteiger partial charge in [0.1, 0.15) is 5.75 Å². The molecular weight excluding hydrogens is 396 g/mol. The van der Waals surface area contributed by atoms with Crippen molar-refractivity contribution in [3.8, 4) is 17.1 Å². The van der Waals surface area contributed by atoms with Crippen LogP contribution in [0.15, 0.2) is 48.5 Å². The fourth-order valence-corrected chi connectivity index (χ4v) is 4.26. The van der Waals surface area contributed by atoms with E-state index in [1.165, 1.54) is 10.4 Å². The SMILES string of the molecule is CCOc1ccc(C(=O)NCCc2sc3nc(-c4ccc(C)cc4)nn3c2C)cc1. The van der Waals surface area contributed by atoms with Crippen molar-refractivity contribution in [2.24, 2.45) is 0 Å². The smallest absolute Gasteiger partial charge is 0.251 e. The third-order valence-electron chi connectivity index (χ3n) is 4.89. The van der Waals surface area contributed by atoms with E-state index in [-0.39, 0.29) is 5.91 Å². The van der Waals surface area contributed by atoms with Crippen LogP contribution in [0.4, 0.5) is 0 Å². The molecule has 0 spiro atoms. The van der Waals surface area contributed by atoms with Crippen LogP contribution in [-0.2, 0) is 6.42 Å². The second kappa shape index (κ2) is 8.67. The number of rotatable bonds is 7. The molecular formula is C23H24N4O2S. The first kappa shape index (κ1) is 20.1. The van der Waals surface area contributed by atoms with E-state index in [0.717, 1.165) is 34.2 Å². The van der Waals surface area contributed by atoms with Gasteiger partial charge < -0.3 is 10.1 Å². The van der Waals surface area contributed by atoms with E-state index in [1.54, 1.807) is 23.5 Å². The first-order chi connectivity index (χ1) is 14.5. The van der Waals surface area contributed by atoms with Gasteiger partial charge in [0.25, 0.3) is 5.91 Å². The molecule has 2 aromatic heterocycles. The second-order valence-electron chi connectivity index (χ2n) is 7.07. The van der Waals surface area contributed by atoms with E-state index in [2.05, 4.69) is 34.5 Å². The van der Waals surface area contributed by atoms with Gasteiger partial charge in [0, 0.05) is 29.0 Å². The van der Waals surface area contributed by atoms with E-state index in [1.807, 2.05) is 42.6 Å². The molecule has 0 unspecified atom stereocenters. The molecule has 0 atom stereocenters. The Morgan fingerprint density at radius 3 is 2.50 bits per heavy atom. The number of amides is 1. The Morgan fingerprint density at radius 2 is 1.83 bits per heavy atom. The lowest BCUT2D eigenvalue weighted by Crippen LogP contribution is -2.25. The van der Waals surface area contributed by atoms with Crippen LogP contribution in [0, 0.1) is 13.8 Å². The monoisotopic (exact) mass is 420 g/mol. The molecule has 6 nitrogen and oxygen atoms in total. The molecule has 2 aromatic carbocycles. The summed E-state index contributed by atoms with van der Waals surface area (Å²) < 4.78 is 7.30. The Bertz CT molecular complexity index is 1160. The third-order valence-corrected chi connectivity index (χ3v) is 6.08. The number of hydrogen-bond acceptors (Lipinski definition) is 5. The summed E-state index contributed by atoms with van der Waals surface area (Å²) in [6.45, 7) is 7.20. The van der Waals surface area contributed by atoms with Crippen LogP contribution >= 0.6 is 11.3 Å². The number of hydrogen-bond donors (Lipinski definition) is 1. The van der Waals surface area contributed by atoms with Crippen LogP contribution in [0.25, 0.3) is 16.3 Å². The molecule has 2 heterocycles. The predicted octanol–water partition coefficient (Wildman–Crippen LogP) is 4.45. The number of thiazole rings is 1. The van der Waals surface area contributed by atoms with Crippen molar-refractivity contribution in [2.45, 2.75) is 27.2 Å². The lowest BCUT2D eigenvalue weighted by molar-refractivity contribution is 0.0954. The largest absolute Gasteiger partial charge is 0.494 e. The quantitative estimate of drug-likeness (QED) is 0.480. The molecule has 30 heavy (non-hydrogen) atoms. The first-order valence-corrected chi connectivity index (χ1v) is 10.8. The fraction of sp³-hybridized carbons (Fsp3) is 0.261. The lowest BCUT2D eigenvalue weighted by atomic mass is 10.1. The summed E-state index contributed by atoms with van der Waals surface area (Å²) in [5, 5.41) is 7.65. The van der Waals surface area contributed by atoms with Gasteiger partial charge in [-0.3, -0.25) is 4.79 Å². The number of carbonyl (C=O) groups is 1. The van der Waals surface area contributed by atoms with Gasteiger partial charge in [-0.2, -0.15) is 4.98 Å². The molecule has 0 saturated carbocycles. The molecule has 4 aromatic rings. The molecule has 1 N–H and O–H groups in total. The first-order valence-electron chi connectivity index (χ1n) is 9.98. The summed E-state index contributed by atoms with van der Waals surface area (Å²) in [5.74, 6) is 1.42. The van der Waals surface area contributed by atoms with Crippen molar-refractivity contribution in [2.75, 3.05) is 13.2 Å². The Hall–Kier alpha value is -3.19. The van der Waals surface area contributed by atoms with Gasteiger partial charge in [0.2, 0.25) is 4.96 Å². The summed E-state index contributed by atoms with van der Waals surface area (Å²) >= 11 is 1.62. The Morgan fingerprint density at radius 1 is 1.10 bits per heavy atom. The molecule has 4 rings (SSSR count). The summed E-state index contributed by atoms with van der Waals surface area (Å²) in [6, 6.07) is 15.4. The molecule has 0 fully saturated rings. The number of ether oxygens (including phenoxy) is 1. The fourth-order valence-electron chi connectivity index (χ4n) is 3.20. The minimum absolute atomic E-state index is 0.0863. The van der Waals surface area contributed by atoms with Crippen molar-refractivity contribution in [3.63, 3.8) is 0 Å². The highest BCUT2D eigenvalue weighted by Gasteiger charge is 2.14. The van der Waals surface area contributed by atoms with Crippen LogP contribution < -0.4 is 10.1 Å². The van der Waals surface area contributed by atoms with Gasteiger partial charge in [-0.25, -0.2) is 4.52 Å². The lowest BCUT2D eigenvalue weighted by Gasteiger charge is -2.06. The summed E-state index contributed by atoms with van der Waals surface area (Å²) in [6.07, 6.45) is 0.740. The van der Waals surface area contributed by atoms with Crippen molar-refractivity contribution in [1.82, 2.24) is 19.9 Å². The van der Waals surface area contributed by atoms with Crippen LogP contribution in [0.2, 0.25) is 0 Å². The van der Waals surface area contributed by atoms with Gasteiger partial charge in [-0.15, -0.1) is 5.10 Å². The number of benzene rings is 2. The highest BCUT2D eigenvalue weighted by molar-refractivity contribution is 7.17. The van der Waals surface area contributed by atoms with Crippen LogP contribution in [0.1, 0.15) is 33.4 Å². The van der Waals surface area contributed by atoms with Gasteiger partial charge >= 0.3 is 0 Å². The molecule has 7 heteroatoms. The van der Waals surface area contributed by atoms with Crippen molar-refractivity contribution >= 4 is 22.2 Å². The van der Waals surface area contributed by atoms with Gasteiger partial charge in [-0.05, 0) is 45.0 Å². The zero-order chi connectivity index (χ0) is 21.1. The average molecular weight is 421 g/mol. The van der Waals surface area contributed by atoms with Crippen molar-refractivity contribution < 1.29 is 9.53 Å². The number of aryl methyl sites for hydroxylation is 2. The van der Waals surface area contributed by atoms with Gasteiger partial charge in [-0.1, -0.05) is 41.2 Å². The van der Waals surface area contributed by atoms with Crippen LogP contribution in [-0.4, -0.2) is 33.7 Å². The molecule has 0 aliphatic rings. The highest BCUT2D eigenvalue weighted by atomic mass is 32.1. The number of fused-ring (bicyclic) bond motifs is 1. The number of carbonyl (C=O) groups excluding carboxylic acids is 1. The Balaban J connectivity index is 1.39. The maximum absolute atomic E-state index is 12.4. The minimum atomic E-state index is -0.0863. The van der Waals surface area contributed by atoms with Gasteiger partial charge in [0.15, 0.2) is 5.82 Å². The van der Waals surface area contributed by atoms with E-state index >= 15 is 0 Å². The summed E-state index contributed by atoms with van der Waals surface area (Å²) in [4.78, 5) is 19.1. The highest BCUT2D eigenvalue weighted by Crippen LogP contribution is 2.25. The van der Waals surface area contributed by atoms with E-state index < -0.39 is 0 Å². The van der Waals surface area contributed by atoms with Crippen molar-refractivity contribution in [1.29, 1.82) is 0 Å². The molecule has 1 amide bonds. The third kappa shape index (κ3) is 4.21. The maximum Gasteiger partial charge on any atom is 0.251 e. The van der Waals surface area contributed by atoms with Crippen LogP contribution in [0.5, 0.6) is 5.75 Å². The molecule has 0 radical (unpaired) electrons. The summed E-state index contributed by atoms with van der Waals surface area (Å²) in [5.41, 5.74) is 3.92. The second-order valence-corrected chi connectivity index (χ2v) is 8.13. The molecule has 0 saturated heterocycles. The zero-order valence-corrected chi connectivity index (χ0v) is 18.1. The minimum Gasteiger partial charge on any atom is -0.494 e. The standard InChI is InChI=1S/C23H24N4O2S/c1-4-29-19-11-9-18(10-12-19)22(28)24-14-13-20-16(3)27-23(30-20)25-21(26-27)17-7-5-15(2)6-8-17/h5-12H,4,13-14H2,1-3H3,(H,24,28). The normalized spacial score (nSPS) is 11.0. The predicted molar refractivity (Wildman–Crippen MR) is 119 cm³/mol. The number of aromatic nitrogens is 3. The Kier molecular flexibility index (Phi) is 5.81. The van der Waals surface area contributed by atoms with Gasteiger partial charge in [0.05, 0.1) is 12.3 Å². The molecule has 0 aliphatic heterocycles. The van der Waals surface area contributed by atoms with E-state index in [9.17, 15) is 4.79 Å². The number of nitrogens with zero attached hydrogens (tertiary/aromatic N) is 3. The molecule has 0 aliphatic carbocycles. The molecule has 0 bridgehead atoms. The summed E-state index contributed by atoms with van der Waals surface area (Å²) in [7, 11) is 0. The van der Waals surface area contributed by atoms with Crippen molar-refractivity contribution in [3.05, 3.63) is 70.2 Å². The van der Waals surface area contributed by atoms with Crippen LogP contribution in [0.3, 0.4) is 0 Å². The average Bonchev–Trinajstić information content (AvgIpc) is 3.29. The van der Waals surface area contributed by atoms with E-state index in [4.69, 9.17) is 4.74 Å². The Labute approximate surface area is 179 Å². The maximum atomic E-state index is 12.4. The zero-order valence-electron chi connectivity index (χ0n) is 17.3. The topological polar surface area (TPSA) is 68.5 Å². The number of nitrogens with one attached hydrogen (secondary N) is 1. The van der Waals surface area contributed by atoms with E-state index in [0.29, 0.717) is 18.7 Å². The molecule has 154 valence electrons.